The molecule has 4 heteroatoms. The monoisotopic (exact) mass is 256 g/mol. The van der Waals surface area contributed by atoms with Crippen molar-refractivity contribution in [2.75, 3.05) is 0 Å². The van der Waals surface area contributed by atoms with E-state index in [-0.39, 0.29) is 28.7 Å². The van der Waals surface area contributed by atoms with Crippen molar-refractivity contribution < 1.29 is 4.79 Å². The predicted molar refractivity (Wildman–Crippen MR) is 74.7 cm³/mol. The molecule has 0 saturated heterocycles. The summed E-state index contributed by atoms with van der Waals surface area (Å²) in [6.07, 6.45) is 1.77. The summed E-state index contributed by atoms with van der Waals surface area (Å²) in [5.41, 5.74) is 5.76. The number of carbonyl (C=O) groups is 1. The third-order valence-electron chi connectivity index (χ3n) is 4.52. The maximum absolute atomic E-state index is 12.2. The highest BCUT2D eigenvalue weighted by molar-refractivity contribution is 7.80. The Morgan fingerprint density at radius 1 is 1.35 bits per heavy atom. The molecule has 0 aliphatic heterocycles. The van der Waals surface area contributed by atoms with Crippen LogP contribution in [0.25, 0.3) is 0 Å². The van der Waals surface area contributed by atoms with E-state index in [9.17, 15) is 4.79 Å². The lowest BCUT2D eigenvalue weighted by atomic mass is 10.0. The molecule has 3 N–H and O–H groups in total. The smallest absolute Gasteiger partial charge is 0.224 e. The van der Waals surface area contributed by atoms with Gasteiger partial charge in [0.25, 0.3) is 0 Å². The molecule has 1 aliphatic carbocycles. The summed E-state index contributed by atoms with van der Waals surface area (Å²) >= 11 is 4.99. The van der Waals surface area contributed by atoms with E-state index in [1.54, 1.807) is 0 Å². The second-order valence-corrected chi connectivity index (χ2v) is 6.60. The molecule has 0 aromatic rings. The lowest BCUT2D eigenvalue weighted by Crippen LogP contribution is -2.44. The SMILES string of the molecule is CCCC(NC(=O)C1C(C)(C)C1(C)C)C(N)=S. The van der Waals surface area contributed by atoms with Gasteiger partial charge in [-0.3, -0.25) is 4.79 Å². The first-order valence-electron chi connectivity index (χ1n) is 6.26. The van der Waals surface area contributed by atoms with E-state index in [1.165, 1.54) is 0 Å². The Bertz CT molecular complexity index is 322. The van der Waals surface area contributed by atoms with E-state index in [0.29, 0.717) is 4.99 Å². The number of nitrogens with two attached hydrogens (primary N) is 1. The molecule has 0 spiro atoms. The number of thiocarbonyl (C=S) groups is 1. The van der Waals surface area contributed by atoms with Gasteiger partial charge in [0.2, 0.25) is 5.91 Å². The molecule has 1 rings (SSSR count). The van der Waals surface area contributed by atoms with Gasteiger partial charge in [-0.2, -0.15) is 0 Å². The molecule has 3 nitrogen and oxygen atoms in total. The van der Waals surface area contributed by atoms with Crippen molar-refractivity contribution in [3.8, 4) is 0 Å². The van der Waals surface area contributed by atoms with Crippen molar-refractivity contribution in [2.45, 2.75) is 53.5 Å². The van der Waals surface area contributed by atoms with Crippen LogP contribution in [0.2, 0.25) is 0 Å². The van der Waals surface area contributed by atoms with Gasteiger partial charge in [-0.05, 0) is 17.3 Å². The Morgan fingerprint density at radius 3 is 2.12 bits per heavy atom. The predicted octanol–water partition coefficient (Wildman–Crippen LogP) is 2.24. The van der Waals surface area contributed by atoms with Crippen LogP contribution in [0.3, 0.4) is 0 Å². The first-order valence-corrected chi connectivity index (χ1v) is 6.66. The molecule has 17 heavy (non-hydrogen) atoms. The molecule has 1 fully saturated rings. The largest absolute Gasteiger partial charge is 0.392 e. The lowest BCUT2D eigenvalue weighted by molar-refractivity contribution is -0.123. The number of hydrogen-bond donors (Lipinski definition) is 2. The third kappa shape index (κ3) is 2.46. The summed E-state index contributed by atoms with van der Waals surface area (Å²) in [5, 5.41) is 2.99. The van der Waals surface area contributed by atoms with Crippen LogP contribution >= 0.6 is 12.2 Å². The summed E-state index contributed by atoms with van der Waals surface area (Å²) in [4.78, 5) is 12.6. The fourth-order valence-corrected chi connectivity index (χ4v) is 2.86. The minimum absolute atomic E-state index is 0.0590. The quantitative estimate of drug-likeness (QED) is 0.742. The molecule has 0 bridgehead atoms. The van der Waals surface area contributed by atoms with Crippen molar-refractivity contribution >= 4 is 23.1 Å². The van der Waals surface area contributed by atoms with E-state index in [0.717, 1.165) is 12.8 Å². The van der Waals surface area contributed by atoms with E-state index in [4.69, 9.17) is 18.0 Å². The van der Waals surface area contributed by atoms with Crippen LogP contribution in [0.5, 0.6) is 0 Å². The van der Waals surface area contributed by atoms with Crippen LogP contribution in [0.4, 0.5) is 0 Å². The zero-order valence-corrected chi connectivity index (χ0v) is 12.3. The maximum Gasteiger partial charge on any atom is 0.224 e. The van der Waals surface area contributed by atoms with Gasteiger partial charge in [-0.1, -0.05) is 53.3 Å². The molecule has 0 aromatic carbocycles. The molecule has 1 aliphatic rings. The maximum atomic E-state index is 12.2. The third-order valence-corrected chi connectivity index (χ3v) is 4.80. The Morgan fingerprint density at radius 2 is 1.82 bits per heavy atom. The number of carbonyl (C=O) groups excluding carboxylic acids is 1. The molecular formula is C13H24N2OS. The minimum Gasteiger partial charge on any atom is -0.392 e. The zero-order chi connectivity index (χ0) is 13.4. The van der Waals surface area contributed by atoms with Crippen LogP contribution in [0, 0.1) is 16.7 Å². The van der Waals surface area contributed by atoms with Gasteiger partial charge in [-0.25, -0.2) is 0 Å². The average molecular weight is 256 g/mol. The fourth-order valence-electron chi connectivity index (χ4n) is 2.68. The highest BCUT2D eigenvalue weighted by Gasteiger charge is 2.68. The van der Waals surface area contributed by atoms with Crippen molar-refractivity contribution in [1.29, 1.82) is 0 Å². The van der Waals surface area contributed by atoms with Crippen molar-refractivity contribution in [3.63, 3.8) is 0 Å². The first-order chi connectivity index (χ1) is 7.66. The van der Waals surface area contributed by atoms with Gasteiger partial charge in [0, 0.05) is 5.92 Å². The van der Waals surface area contributed by atoms with Crippen molar-refractivity contribution in [3.05, 3.63) is 0 Å². The molecule has 1 unspecified atom stereocenters. The fraction of sp³-hybridized carbons (Fsp3) is 0.846. The molecule has 0 aromatic heterocycles. The van der Waals surface area contributed by atoms with Gasteiger partial charge in [0.15, 0.2) is 0 Å². The van der Waals surface area contributed by atoms with Crippen LogP contribution in [-0.4, -0.2) is 16.9 Å². The van der Waals surface area contributed by atoms with Gasteiger partial charge in [0.05, 0.1) is 11.0 Å². The van der Waals surface area contributed by atoms with Gasteiger partial charge < -0.3 is 11.1 Å². The Kier molecular flexibility index (Phi) is 3.87. The average Bonchev–Trinajstić information content (AvgIpc) is 2.56. The standard InChI is InChI=1S/C13H24N2OS/c1-6-7-8(10(14)17)15-11(16)9-12(2,3)13(9,4)5/h8-9H,6-7H2,1-5H3,(H2,14,17)(H,15,16). The van der Waals surface area contributed by atoms with E-state index >= 15 is 0 Å². The zero-order valence-electron chi connectivity index (χ0n) is 11.5. The second kappa shape index (κ2) is 4.56. The van der Waals surface area contributed by atoms with Crippen LogP contribution in [-0.2, 0) is 4.79 Å². The van der Waals surface area contributed by atoms with E-state index < -0.39 is 0 Å². The Balaban J connectivity index is 2.65. The highest BCUT2D eigenvalue weighted by Crippen LogP contribution is 2.68. The molecular weight excluding hydrogens is 232 g/mol. The van der Waals surface area contributed by atoms with Crippen molar-refractivity contribution in [2.24, 2.45) is 22.5 Å². The molecule has 98 valence electrons. The van der Waals surface area contributed by atoms with Crippen LogP contribution in [0.15, 0.2) is 0 Å². The number of nitrogens with one attached hydrogen (secondary N) is 1. The van der Waals surface area contributed by atoms with E-state index in [2.05, 4.69) is 39.9 Å². The highest BCUT2D eigenvalue weighted by atomic mass is 32.1. The number of amides is 1. The Hall–Kier alpha value is -0.640. The summed E-state index contributed by atoms with van der Waals surface area (Å²) in [5.74, 6) is 0.148. The summed E-state index contributed by atoms with van der Waals surface area (Å²) in [6.45, 7) is 10.6. The van der Waals surface area contributed by atoms with Gasteiger partial charge in [-0.15, -0.1) is 0 Å². The number of hydrogen-bond acceptors (Lipinski definition) is 2. The normalized spacial score (nSPS) is 22.9. The second-order valence-electron chi connectivity index (χ2n) is 6.13. The Labute approximate surface area is 110 Å². The molecule has 1 atom stereocenters. The summed E-state index contributed by atoms with van der Waals surface area (Å²) in [6, 6.07) is -0.158. The van der Waals surface area contributed by atoms with Crippen LogP contribution in [0.1, 0.15) is 47.5 Å². The molecule has 1 amide bonds. The molecule has 1 saturated carbocycles. The topological polar surface area (TPSA) is 55.1 Å². The summed E-state index contributed by atoms with van der Waals surface area (Å²) < 4.78 is 0. The van der Waals surface area contributed by atoms with E-state index in [1.807, 2.05) is 0 Å². The van der Waals surface area contributed by atoms with Crippen LogP contribution < -0.4 is 11.1 Å². The minimum atomic E-state index is -0.158. The number of rotatable bonds is 5. The lowest BCUT2D eigenvalue weighted by Gasteiger charge is -2.17. The summed E-state index contributed by atoms with van der Waals surface area (Å²) in [7, 11) is 0. The first kappa shape index (κ1) is 14.4. The molecule has 0 radical (unpaired) electrons. The van der Waals surface area contributed by atoms with Gasteiger partial charge in [0.1, 0.15) is 0 Å². The molecule has 0 heterocycles. The van der Waals surface area contributed by atoms with Crippen molar-refractivity contribution in [1.82, 2.24) is 5.32 Å². The van der Waals surface area contributed by atoms with Gasteiger partial charge >= 0.3 is 0 Å².